The van der Waals surface area contributed by atoms with Crippen LogP contribution in [0.1, 0.15) is 6.92 Å². The van der Waals surface area contributed by atoms with Gasteiger partial charge in [0.15, 0.2) is 5.96 Å². The minimum absolute atomic E-state index is 0. The van der Waals surface area contributed by atoms with Crippen molar-refractivity contribution in [2.75, 3.05) is 64.4 Å². The smallest absolute Gasteiger partial charge is 0.246 e. The first kappa shape index (κ1) is 21.9. The Labute approximate surface area is 177 Å². The SMILES string of the molecule is CN=C(NCCN1CCOCC1C)N1CCN(c2cnn(C)c2)C(=O)C1.I. The molecule has 0 spiro atoms. The number of halogens is 1. The molecule has 2 saturated heterocycles. The number of aryl methyl sites for hydroxylation is 1. The molecule has 1 N–H and O–H groups in total. The van der Waals surface area contributed by atoms with Crippen LogP contribution in [0.15, 0.2) is 17.4 Å². The van der Waals surface area contributed by atoms with Gasteiger partial charge >= 0.3 is 0 Å². The first-order valence-electron chi connectivity index (χ1n) is 9.15. The Kier molecular flexibility index (Phi) is 8.29. The van der Waals surface area contributed by atoms with Crippen molar-refractivity contribution < 1.29 is 9.53 Å². The summed E-state index contributed by atoms with van der Waals surface area (Å²) in [6, 6.07) is 0.442. The fourth-order valence-electron chi connectivity index (χ4n) is 3.41. The second kappa shape index (κ2) is 10.2. The van der Waals surface area contributed by atoms with E-state index in [1.807, 2.05) is 18.1 Å². The van der Waals surface area contributed by atoms with Crippen LogP contribution in [0.25, 0.3) is 0 Å². The second-order valence-electron chi connectivity index (χ2n) is 6.77. The summed E-state index contributed by atoms with van der Waals surface area (Å²) in [7, 11) is 3.61. The third-order valence-corrected chi connectivity index (χ3v) is 4.92. The van der Waals surface area contributed by atoms with E-state index in [9.17, 15) is 4.79 Å². The average Bonchev–Trinajstić information content (AvgIpc) is 3.06. The first-order valence-corrected chi connectivity index (χ1v) is 9.15. The third-order valence-electron chi connectivity index (χ3n) is 4.92. The number of amides is 1. The van der Waals surface area contributed by atoms with Crippen LogP contribution in [0.4, 0.5) is 5.69 Å². The molecule has 0 saturated carbocycles. The van der Waals surface area contributed by atoms with Gasteiger partial charge in [-0.15, -0.1) is 24.0 Å². The molecule has 3 heterocycles. The first-order chi connectivity index (χ1) is 12.6. The molecule has 0 aromatic carbocycles. The van der Waals surface area contributed by atoms with Gasteiger partial charge in [-0.05, 0) is 6.92 Å². The van der Waals surface area contributed by atoms with E-state index in [2.05, 4.69) is 27.2 Å². The molecule has 1 atom stereocenters. The molecule has 2 fully saturated rings. The highest BCUT2D eigenvalue weighted by Crippen LogP contribution is 2.16. The van der Waals surface area contributed by atoms with E-state index < -0.39 is 0 Å². The highest BCUT2D eigenvalue weighted by molar-refractivity contribution is 14.0. The Bertz CT molecular complexity index is 651. The maximum Gasteiger partial charge on any atom is 0.246 e. The number of nitrogens with one attached hydrogen (secondary N) is 1. The summed E-state index contributed by atoms with van der Waals surface area (Å²) >= 11 is 0. The zero-order chi connectivity index (χ0) is 18.5. The number of nitrogens with zero attached hydrogens (tertiary/aromatic N) is 6. The van der Waals surface area contributed by atoms with Crippen molar-refractivity contribution >= 4 is 41.5 Å². The van der Waals surface area contributed by atoms with Gasteiger partial charge in [-0.25, -0.2) is 0 Å². The Morgan fingerprint density at radius 3 is 2.85 bits per heavy atom. The number of carbonyl (C=O) groups excluding carboxylic acids is 1. The minimum atomic E-state index is 0. The fourth-order valence-corrected chi connectivity index (χ4v) is 3.41. The molecule has 0 aliphatic carbocycles. The van der Waals surface area contributed by atoms with Crippen LogP contribution >= 0.6 is 24.0 Å². The Balaban J connectivity index is 0.00000261. The van der Waals surface area contributed by atoms with Gasteiger partial charge < -0.3 is 19.9 Å². The van der Waals surface area contributed by atoms with Crippen LogP contribution in [0.3, 0.4) is 0 Å². The molecule has 0 bridgehead atoms. The van der Waals surface area contributed by atoms with Gasteiger partial charge in [0.05, 0.1) is 25.1 Å². The van der Waals surface area contributed by atoms with Gasteiger partial charge in [0, 0.05) is 59.1 Å². The molecular formula is C17H30IN7O2. The molecule has 27 heavy (non-hydrogen) atoms. The summed E-state index contributed by atoms with van der Waals surface area (Å²) in [5.41, 5.74) is 0.849. The number of aromatic nitrogens is 2. The fraction of sp³-hybridized carbons (Fsp3) is 0.706. The lowest BCUT2D eigenvalue weighted by atomic mass is 10.2. The van der Waals surface area contributed by atoms with Crippen molar-refractivity contribution in [2.24, 2.45) is 12.0 Å². The normalized spacial score (nSPS) is 22.0. The van der Waals surface area contributed by atoms with E-state index in [1.165, 1.54) is 0 Å². The van der Waals surface area contributed by atoms with Crippen LogP contribution in [0.2, 0.25) is 0 Å². The van der Waals surface area contributed by atoms with E-state index in [4.69, 9.17) is 4.74 Å². The van der Waals surface area contributed by atoms with Crippen LogP contribution in [-0.2, 0) is 16.6 Å². The van der Waals surface area contributed by atoms with Gasteiger partial charge in [-0.2, -0.15) is 5.10 Å². The molecule has 0 radical (unpaired) electrons. The number of aliphatic imine (C=N–C) groups is 1. The highest BCUT2D eigenvalue weighted by atomic mass is 127. The van der Waals surface area contributed by atoms with Crippen molar-refractivity contribution in [1.29, 1.82) is 0 Å². The number of guanidine groups is 1. The summed E-state index contributed by atoms with van der Waals surface area (Å²) in [4.78, 5) is 23.1. The molecule has 10 heteroatoms. The number of morpholine rings is 1. The van der Waals surface area contributed by atoms with E-state index >= 15 is 0 Å². The maximum atomic E-state index is 12.5. The molecule has 1 amide bonds. The van der Waals surface area contributed by atoms with Crippen molar-refractivity contribution in [3.05, 3.63) is 12.4 Å². The number of ether oxygens (including phenoxy) is 1. The number of piperazine rings is 1. The van der Waals surface area contributed by atoms with Crippen molar-refractivity contribution in [3.8, 4) is 0 Å². The van der Waals surface area contributed by atoms with E-state index in [-0.39, 0.29) is 29.9 Å². The topological polar surface area (TPSA) is 78.2 Å². The third kappa shape index (κ3) is 5.55. The summed E-state index contributed by atoms with van der Waals surface area (Å²) in [5, 5.41) is 7.54. The molecule has 1 unspecified atom stereocenters. The predicted molar refractivity (Wildman–Crippen MR) is 116 cm³/mol. The highest BCUT2D eigenvalue weighted by Gasteiger charge is 2.27. The molecule has 1 aromatic heterocycles. The summed E-state index contributed by atoms with van der Waals surface area (Å²) in [6.45, 7) is 8.17. The average molecular weight is 491 g/mol. The quantitative estimate of drug-likeness (QED) is 0.363. The monoisotopic (exact) mass is 491 g/mol. The molecular weight excluding hydrogens is 461 g/mol. The van der Waals surface area contributed by atoms with Gasteiger partial charge in [0.1, 0.15) is 6.54 Å². The standard InChI is InChI=1S/C17H29N7O2.HI/c1-14-13-26-9-8-22(14)5-4-19-17(18-2)23-6-7-24(16(25)12-23)15-10-20-21(3)11-15;/h10-11,14H,4-9,12-13H2,1-3H3,(H,18,19);1H. The predicted octanol–water partition coefficient (Wildman–Crippen LogP) is -0.0172. The largest absolute Gasteiger partial charge is 0.379 e. The number of rotatable bonds is 4. The molecule has 152 valence electrons. The minimum Gasteiger partial charge on any atom is -0.379 e. The lowest BCUT2D eigenvalue weighted by Crippen LogP contribution is -2.56. The zero-order valence-electron chi connectivity index (χ0n) is 16.3. The van der Waals surface area contributed by atoms with Gasteiger partial charge in [-0.1, -0.05) is 0 Å². The molecule has 9 nitrogen and oxygen atoms in total. The maximum absolute atomic E-state index is 12.5. The van der Waals surface area contributed by atoms with Crippen LogP contribution in [-0.4, -0.2) is 97.0 Å². The second-order valence-corrected chi connectivity index (χ2v) is 6.77. The Hall–Kier alpha value is -1.40. The van der Waals surface area contributed by atoms with Crippen molar-refractivity contribution in [1.82, 2.24) is 24.9 Å². The number of carbonyl (C=O) groups is 1. The zero-order valence-corrected chi connectivity index (χ0v) is 18.6. The van der Waals surface area contributed by atoms with Gasteiger partial charge in [-0.3, -0.25) is 19.4 Å². The lowest BCUT2D eigenvalue weighted by Gasteiger charge is -2.36. The van der Waals surface area contributed by atoms with Crippen molar-refractivity contribution in [3.63, 3.8) is 0 Å². The molecule has 1 aromatic rings. The van der Waals surface area contributed by atoms with Crippen LogP contribution < -0.4 is 10.2 Å². The summed E-state index contributed by atoms with van der Waals surface area (Å²) in [6.07, 6.45) is 3.59. The molecule has 2 aliphatic rings. The number of anilines is 1. The Morgan fingerprint density at radius 2 is 2.22 bits per heavy atom. The number of hydrogen-bond donors (Lipinski definition) is 1. The molecule has 2 aliphatic heterocycles. The van der Waals surface area contributed by atoms with Crippen molar-refractivity contribution in [2.45, 2.75) is 13.0 Å². The van der Waals surface area contributed by atoms with Crippen LogP contribution in [0, 0.1) is 0 Å². The lowest BCUT2D eigenvalue weighted by molar-refractivity contribution is -0.120. The molecule has 3 rings (SSSR count). The van der Waals surface area contributed by atoms with E-state index in [1.54, 1.807) is 22.8 Å². The van der Waals surface area contributed by atoms with E-state index in [0.717, 1.165) is 51.0 Å². The Morgan fingerprint density at radius 1 is 1.41 bits per heavy atom. The van der Waals surface area contributed by atoms with E-state index in [0.29, 0.717) is 19.1 Å². The van der Waals surface area contributed by atoms with Gasteiger partial charge in [0.25, 0.3) is 0 Å². The van der Waals surface area contributed by atoms with Gasteiger partial charge in [0.2, 0.25) is 5.91 Å². The van der Waals surface area contributed by atoms with Crippen LogP contribution in [0.5, 0.6) is 0 Å². The summed E-state index contributed by atoms with van der Waals surface area (Å²) in [5.74, 6) is 0.846. The summed E-state index contributed by atoms with van der Waals surface area (Å²) < 4.78 is 7.18. The number of hydrogen-bond acceptors (Lipinski definition) is 5.